The van der Waals surface area contributed by atoms with Crippen molar-refractivity contribution in [2.45, 2.75) is 55.4 Å². The average molecular weight is 311 g/mol. The fourth-order valence-corrected chi connectivity index (χ4v) is 4.97. The van der Waals surface area contributed by atoms with Crippen LogP contribution in [-0.2, 0) is 21.3 Å². The highest BCUT2D eigenvalue weighted by molar-refractivity contribution is 7.89. The minimum atomic E-state index is -3.43. The number of rotatable bonds is 4. The molecule has 3 heterocycles. The Bertz CT molecular complexity index is 638. The van der Waals surface area contributed by atoms with E-state index in [4.69, 9.17) is 10.5 Å². The van der Waals surface area contributed by atoms with Crippen molar-refractivity contribution in [2.75, 3.05) is 13.1 Å². The van der Waals surface area contributed by atoms with Crippen LogP contribution in [0.15, 0.2) is 17.2 Å². The van der Waals surface area contributed by atoms with Gasteiger partial charge in [-0.15, -0.1) is 0 Å². The SMILES string of the molecule is NCc1cc(S(=O)(=O)N2CC3CCC(C2)O3)cn1C1CC1. The molecule has 0 aromatic carbocycles. The first-order valence-corrected chi connectivity index (χ1v) is 9.08. The number of hydrogen-bond acceptors (Lipinski definition) is 4. The molecule has 2 atom stereocenters. The summed E-state index contributed by atoms with van der Waals surface area (Å²) in [5.74, 6) is 0. The maximum Gasteiger partial charge on any atom is 0.244 e. The van der Waals surface area contributed by atoms with Crippen LogP contribution in [0.4, 0.5) is 0 Å². The van der Waals surface area contributed by atoms with Crippen molar-refractivity contribution in [1.29, 1.82) is 0 Å². The molecule has 3 aliphatic rings. The van der Waals surface area contributed by atoms with Crippen molar-refractivity contribution in [2.24, 2.45) is 5.73 Å². The lowest BCUT2D eigenvalue weighted by Gasteiger charge is -2.30. The fraction of sp³-hybridized carbons (Fsp3) is 0.714. The average Bonchev–Trinajstić information content (AvgIpc) is 3.14. The monoisotopic (exact) mass is 311 g/mol. The van der Waals surface area contributed by atoms with Gasteiger partial charge in [-0.3, -0.25) is 0 Å². The molecule has 116 valence electrons. The minimum absolute atomic E-state index is 0.0676. The molecule has 1 saturated carbocycles. The van der Waals surface area contributed by atoms with Crippen LogP contribution in [0.3, 0.4) is 0 Å². The molecule has 2 unspecified atom stereocenters. The Morgan fingerprint density at radius 3 is 2.43 bits per heavy atom. The Kier molecular flexibility index (Phi) is 3.15. The van der Waals surface area contributed by atoms with Crippen LogP contribution in [0.5, 0.6) is 0 Å². The molecular formula is C14H21N3O3S. The highest BCUT2D eigenvalue weighted by Gasteiger charge is 2.40. The van der Waals surface area contributed by atoms with E-state index in [0.717, 1.165) is 31.4 Å². The zero-order valence-electron chi connectivity index (χ0n) is 11.9. The van der Waals surface area contributed by atoms with Gasteiger partial charge in [0.1, 0.15) is 4.90 Å². The number of nitrogens with two attached hydrogens (primary N) is 1. The summed E-state index contributed by atoms with van der Waals surface area (Å²) in [4.78, 5) is 0.385. The van der Waals surface area contributed by atoms with E-state index in [1.54, 1.807) is 16.6 Å². The Morgan fingerprint density at radius 1 is 1.19 bits per heavy atom. The molecule has 1 aromatic heterocycles. The van der Waals surface area contributed by atoms with Crippen LogP contribution in [0.25, 0.3) is 0 Å². The summed E-state index contributed by atoms with van der Waals surface area (Å²) in [7, 11) is -3.43. The molecule has 0 spiro atoms. The summed E-state index contributed by atoms with van der Waals surface area (Å²) in [6.07, 6.45) is 6.07. The Balaban J connectivity index is 1.65. The Labute approximate surface area is 124 Å². The molecule has 7 heteroatoms. The van der Waals surface area contributed by atoms with Gasteiger partial charge >= 0.3 is 0 Å². The number of sulfonamides is 1. The van der Waals surface area contributed by atoms with Crippen molar-refractivity contribution in [3.63, 3.8) is 0 Å². The van der Waals surface area contributed by atoms with Gasteiger partial charge < -0.3 is 15.0 Å². The van der Waals surface area contributed by atoms with Crippen LogP contribution in [0.1, 0.15) is 37.4 Å². The van der Waals surface area contributed by atoms with E-state index in [2.05, 4.69) is 0 Å². The van der Waals surface area contributed by atoms with E-state index in [9.17, 15) is 8.42 Å². The van der Waals surface area contributed by atoms with Crippen LogP contribution >= 0.6 is 0 Å². The maximum absolute atomic E-state index is 12.8. The Hall–Kier alpha value is -0.890. The fourth-order valence-electron chi connectivity index (χ4n) is 3.42. The largest absolute Gasteiger partial charge is 0.372 e. The molecule has 2 saturated heterocycles. The first-order chi connectivity index (χ1) is 10.1. The molecule has 2 aliphatic heterocycles. The molecule has 2 N–H and O–H groups in total. The second-order valence-corrected chi connectivity index (χ2v) is 8.23. The van der Waals surface area contributed by atoms with E-state index >= 15 is 0 Å². The van der Waals surface area contributed by atoms with Crippen molar-refractivity contribution >= 4 is 10.0 Å². The maximum atomic E-state index is 12.8. The Morgan fingerprint density at radius 2 is 1.86 bits per heavy atom. The standard InChI is InChI=1S/C14H21N3O3S/c15-6-11-5-14(9-17(11)10-1-2-10)21(18,19)16-7-12-3-4-13(8-16)20-12/h5,9-10,12-13H,1-4,6-8,15H2. The number of fused-ring (bicyclic) bond motifs is 2. The van der Waals surface area contributed by atoms with E-state index in [0.29, 0.717) is 30.6 Å². The van der Waals surface area contributed by atoms with Gasteiger partial charge in [-0.25, -0.2) is 8.42 Å². The molecule has 0 amide bonds. The summed E-state index contributed by atoms with van der Waals surface area (Å²) in [6, 6.07) is 2.18. The molecule has 4 rings (SSSR count). The van der Waals surface area contributed by atoms with Crippen molar-refractivity contribution in [1.82, 2.24) is 8.87 Å². The predicted octanol–water partition coefficient (Wildman–Crippen LogP) is 0.834. The topological polar surface area (TPSA) is 77.6 Å². The molecule has 2 bridgehead atoms. The third kappa shape index (κ3) is 2.32. The first kappa shape index (κ1) is 13.8. The smallest absolute Gasteiger partial charge is 0.244 e. The van der Waals surface area contributed by atoms with Gasteiger partial charge in [0.2, 0.25) is 10.0 Å². The van der Waals surface area contributed by atoms with Crippen molar-refractivity contribution in [3.05, 3.63) is 18.0 Å². The van der Waals surface area contributed by atoms with E-state index in [1.165, 1.54) is 0 Å². The number of hydrogen-bond donors (Lipinski definition) is 1. The van der Waals surface area contributed by atoms with Gasteiger partial charge in [0.15, 0.2) is 0 Å². The van der Waals surface area contributed by atoms with E-state index in [1.807, 2.05) is 4.57 Å². The highest BCUT2D eigenvalue weighted by atomic mass is 32.2. The molecule has 21 heavy (non-hydrogen) atoms. The van der Waals surface area contributed by atoms with Crippen LogP contribution in [0.2, 0.25) is 0 Å². The zero-order chi connectivity index (χ0) is 14.6. The molecule has 6 nitrogen and oxygen atoms in total. The molecule has 3 fully saturated rings. The third-order valence-corrected chi connectivity index (χ3v) is 6.50. The van der Waals surface area contributed by atoms with Crippen LogP contribution in [-0.4, -0.2) is 42.6 Å². The summed E-state index contributed by atoms with van der Waals surface area (Å²) < 4.78 is 35.1. The van der Waals surface area contributed by atoms with Crippen LogP contribution < -0.4 is 5.73 Å². The zero-order valence-corrected chi connectivity index (χ0v) is 12.8. The molecular weight excluding hydrogens is 290 g/mol. The number of nitrogens with zero attached hydrogens (tertiary/aromatic N) is 2. The van der Waals surface area contributed by atoms with Gasteiger partial charge in [0.25, 0.3) is 0 Å². The molecule has 1 aromatic rings. The van der Waals surface area contributed by atoms with E-state index < -0.39 is 10.0 Å². The number of morpholine rings is 1. The van der Waals surface area contributed by atoms with E-state index in [-0.39, 0.29) is 12.2 Å². The number of aromatic nitrogens is 1. The van der Waals surface area contributed by atoms with Gasteiger partial charge in [-0.1, -0.05) is 0 Å². The van der Waals surface area contributed by atoms with Gasteiger partial charge in [0, 0.05) is 37.6 Å². The summed E-state index contributed by atoms with van der Waals surface area (Å²) in [5.41, 5.74) is 6.67. The summed E-state index contributed by atoms with van der Waals surface area (Å²) >= 11 is 0. The second kappa shape index (κ2) is 4.81. The van der Waals surface area contributed by atoms with Gasteiger partial charge in [-0.05, 0) is 31.7 Å². The minimum Gasteiger partial charge on any atom is -0.372 e. The lowest BCUT2D eigenvalue weighted by Crippen LogP contribution is -2.45. The lowest BCUT2D eigenvalue weighted by atomic mass is 10.2. The summed E-state index contributed by atoms with van der Waals surface area (Å²) in [5, 5.41) is 0. The van der Waals surface area contributed by atoms with Gasteiger partial charge in [-0.2, -0.15) is 4.31 Å². The van der Waals surface area contributed by atoms with Crippen molar-refractivity contribution in [3.8, 4) is 0 Å². The highest BCUT2D eigenvalue weighted by Crippen LogP contribution is 2.38. The van der Waals surface area contributed by atoms with Gasteiger partial charge in [0.05, 0.1) is 12.2 Å². The lowest BCUT2D eigenvalue weighted by molar-refractivity contribution is -0.0114. The first-order valence-electron chi connectivity index (χ1n) is 7.64. The number of ether oxygens (including phenoxy) is 1. The van der Waals surface area contributed by atoms with Crippen molar-refractivity contribution < 1.29 is 13.2 Å². The van der Waals surface area contributed by atoms with Crippen LogP contribution in [0, 0.1) is 0 Å². The molecule has 0 radical (unpaired) electrons. The second-order valence-electron chi connectivity index (χ2n) is 6.29. The summed E-state index contributed by atoms with van der Waals surface area (Å²) in [6.45, 7) is 1.33. The third-order valence-electron chi connectivity index (χ3n) is 4.70. The quantitative estimate of drug-likeness (QED) is 0.893. The predicted molar refractivity (Wildman–Crippen MR) is 77.2 cm³/mol. The molecule has 1 aliphatic carbocycles. The normalized spacial score (nSPS) is 30.0.